The number of benzene rings is 2. The van der Waals surface area contributed by atoms with E-state index in [0.717, 1.165) is 11.1 Å². The molecule has 0 radical (unpaired) electrons. The summed E-state index contributed by atoms with van der Waals surface area (Å²) < 4.78 is 13.2. The highest BCUT2D eigenvalue weighted by molar-refractivity contribution is 6.30. The molecule has 5 nitrogen and oxygen atoms in total. The predicted octanol–water partition coefficient (Wildman–Crippen LogP) is 4.48. The average molecular weight is 371 g/mol. The van der Waals surface area contributed by atoms with Gasteiger partial charge in [0.2, 0.25) is 0 Å². The van der Waals surface area contributed by atoms with Crippen molar-refractivity contribution in [2.75, 3.05) is 12.3 Å². The van der Waals surface area contributed by atoms with Crippen LogP contribution in [0.1, 0.15) is 6.92 Å². The SMILES string of the molecule is CCOc1cc(=O)n(C)cc1-c1cc(N)ccc1Oc1ccc(Cl)cc1. The Bertz CT molecular complexity index is 981. The molecule has 0 saturated heterocycles. The Morgan fingerprint density at radius 3 is 2.46 bits per heavy atom. The Morgan fingerprint density at radius 2 is 1.77 bits per heavy atom. The molecular formula is C20H19ClN2O3. The van der Waals surface area contributed by atoms with Crippen molar-refractivity contribution in [1.82, 2.24) is 4.57 Å². The molecule has 6 heteroatoms. The van der Waals surface area contributed by atoms with Gasteiger partial charge in [0.05, 0.1) is 6.61 Å². The van der Waals surface area contributed by atoms with Crippen molar-refractivity contribution in [1.29, 1.82) is 0 Å². The number of nitrogens with two attached hydrogens (primary N) is 1. The third kappa shape index (κ3) is 3.83. The first kappa shape index (κ1) is 17.9. The van der Waals surface area contributed by atoms with Gasteiger partial charge in [-0.3, -0.25) is 4.79 Å². The number of pyridine rings is 1. The molecule has 0 fully saturated rings. The Balaban J connectivity index is 2.13. The number of hydrogen-bond acceptors (Lipinski definition) is 4. The second kappa shape index (κ2) is 7.54. The van der Waals surface area contributed by atoms with Gasteiger partial charge in [0.25, 0.3) is 5.56 Å². The molecule has 0 amide bonds. The maximum absolute atomic E-state index is 12.0. The van der Waals surface area contributed by atoms with E-state index >= 15 is 0 Å². The Kier molecular flexibility index (Phi) is 5.19. The average Bonchev–Trinajstić information content (AvgIpc) is 2.62. The predicted molar refractivity (Wildman–Crippen MR) is 104 cm³/mol. The van der Waals surface area contributed by atoms with Gasteiger partial charge in [-0.1, -0.05) is 11.6 Å². The number of nitrogen functional groups attached to an aromatic ring is 1. The van der Waals surface area contributed by atoms with Crippen molar-refractivity contribution in [2.45, 2.75) is 6.92 Å². The fourth-order valence-electron chi connectivity index (χ4n) is 2.57. The number of rotatable bonds is 5. The molecule has 0 bridgehead atoms. The number of ether oxygens (including phenoxy) is 2. The lowest BCUT2D eigenvalue weighted by Gasteiger charge is -2.16. The number of aryl methyl sites for hydroxylation is 1. The van der Waals surface area contributed by atoms with Crippen molar-refractivity contribution in [3.63, 3.8) is 0 Å². The van der Waals surface area contributed by atoms with Crippen LogP contribution in [0.5, 0.6) is 17.2 Å². The van der Waals surface area contributed by atoms with Crippen LogP contribution in [0, 0.1) is 0 Å². The van der Waals surface area contributed by atoms with Crippen molar-refractivity contribution >= 4 is 17.3 Å². The molecule has 3 rings (SSSR count). The van der Waals surface area contributed by atoms with E-state index in [-0.39, 0.29) is 5.56 Å². The lowest BCUT2D eigenvalue weighted by atomic mass is 10.0. The molecule has 0 aliphatic heterocycles. The van der Waals surface area contributed by atoms with E-state index in [4.69, 9.17) is 26.8 Å². The first-order valence-corrected chi connectivity index (χ1v) is 8.52. The van der Waals surface area contributed by atoms with Crippen molar-refractivity contribution in [3.05, 3.63) is 70.1 Å². The Hall–Kier alpha value is -2.92. The summed E-state index contributed by atoms with van der Waals surface area (Å²) >= 11 is 5.93. The second-order valence-corrected chi connectivity index (χ2v) is 6.18. The van der Waals surface area contributed by atoms with Gasteiger partial charge in [0, 0.05) is 41.1 Å². The molecule has 1 aromatic heterocycles. The normalized spacial score (nSPS) is 10.6. The molecule has 0 saturated carbocycles. The molecule has 1 heterocycles. The minimum Gasteiger partial charge on any atom is -0.493 e. The van der Waals surface area contributed by atoms with Crippen LogP contribution in [0.4, 0.5) is 5.69 Å². The van der Waals surface area contributed by atoms with Gasteiger partial charge in [-0.2, -0.15) is 0 Å². The molecule has 134 valence electrons. The van der Waals surface area contributed by atoms with Gasteiger partial charge in [-0.15, -0.1) is 0 Å². The van der Waals surface area contributed by atoms with Crippen LogP contribution in [0.3, 0.4) is 0 Å². The summed E-state index contributed by atoms with van der Waals surface area (Å²) in [5.41, 5.74) is 7.88. The molecular weight excluding hydrogens is 352 g/mol. The first-order chi connectivity index (χ1) is 12.5. The van der Waals surface area contributed by atoms with Crippen molar-refractivity contribution < 1.29 is 9.47 Å². The number of anilines is 1. The second-order valence-electron chi connectivity index (χ2n) is 5.75. The van der Waals surface area contributed by atoms with E-state index in [0.29, 0.717) is 34.6 Å². The topological polar surface area (TPSA) is 66.5 Å². The summed E-state index contributed by atoms with van der Waals surface area (Å²) in [5, 5.41) is 0.631. The van der Waals surface area contributed by atoms with Crippen LogP contribution in [0.15, 0.2) is 59.5 Å². The minimum atomic E-state index is -0.152. The lowest BCUT2D eigenvalue weighted by molar-refractivity contribution is 0.340. The number of aromatic nitrogens is 1. The molecule has 2 N–H and O–H groups in total. The number of hydrogen-bond donors (Lipinski definition) is 1. The molecule has 26 heavy (non-hydrogen) atoms. The van der Waals surface area contributed by atoms with E-state index in [2.05, 4.69) is 0 Å². The fourth-order valence-corrected chi connectivity index (χ4v) is 2.69. The van der Waals surface area contributed by atoms with E-state index in [1.807, 2.05) is 6.92 Å². The van der Waals surface area contributed by atoms with Crippen LogP contribution >= 0.6 is 11.6 Å². The molecule has 0 spiro atoms. The highest BCUT2D eigenvalue weighted by atomic mass is 35.5. The maximum atomic E-state index is 12.0. The van der Waals surface area contributed by atoms with Crippen LogP contribution < -0.4 is 20.8 Å². The summed E-state index contributed by atoms with van der Waals surface area (Å²) in [6, 6.07) is 13.9. The number of halogens is 1. The minimum absolute atomic E-state index is 0.152. The first-order valence-electron chi connectivity index (χ1n) is 8.14. The van der Waals surface area contributed by atoms with E-state index in [9.17, 15) is 4.79 Å². The number of nitrogens with zero attached hydrogens (tertiary/aromatic N) is 1. The summed E-state index contributed by atoms with van der Waals surface area (Å²) in [6.07, 6.45) is 1.72. The van der Waals surface area contributed by atoms with Gasteiger partial charge in [0.1, 0.15) is 17.2 Å². The summed E-state index contributed by atoms with van der Waals surface area (Å²) in [6.45, 7) is 2.31. The standard InChI is InChI=1S/C20H19ClN2O3/c1-3-25-19-11-20(24)23(2)12-17(19)16-10-14(22)6-9-18(16)26-15-7-4-13(21)5-8-15/h4-12H,3,22H2,1-2H3. The van der Waals surface area contributed by atoms with E-state index < -0.39 is 0 Å². The fraction of sp³-hybridized carbons (Fsp3) is 0.150. The quantitative estimate of drug-likeness (QED) is 0.672. The Morgan fingerprint density at radius 1 is 1.04 bits per heavy atom. The zero-order valence-electron chi connectivity index (χ0n) is 14.5. The van der Waals surface area contributed by atoms with Crippen LogP contribution in [0.25, 0.3) is 11.1 Å². The molecule has 0 atom stereocenters. The van der Waals surface area contributed by atoms with Gasteiger partial charge in [0.15, 0.2) is 0 Å². The lowest BCUT2D eigenvalue weighted by Crippen LogP contribution is -2.16. The smallest absolute Gasteiger partial charge is 0.254 e. The molecule has 2 aromatic carbocycles. The summed E-state index contributed by atoms with van der Waals surface area (Å²) in [5.74, 6) is 1.73. The third-order valence-corrected chi connectivity index (χ3v) is 4.08. The summed E-state index contributed by atoms with van der Waals surface area (Å²) in [4.78, 5) is 12.0. The Labute approximate surface area is 156 Å². The zero-order valence-corrected chi connectivity index (χ0v) is 15.3. The maximum Gasteiger partial charge on any atom is 0.254 e. The van der Waals surface area contributed by atoms with Gasteiger partial charge in [-0.25, -0.2) is 0 Å². The summed E-state index contributed by atoms with van der Waals surface area (Å²) in [7, 11) is 1.69. The molecule has 0 aliphatic rings. The van der Waals surface area contributed by atoms with Gasteiger partial charge in [-0.05, 0) is 49.4 Å². The van der Waals surface area contributed by atoms with Crippen molar-refractivity contribution in [2.24, 2.45) is 7.05 Å². The highest BCUT2D eigenvalue weighted by Gasteiger charge is 2.15. The van der Waals surface area contributed by atoms with Crippen LogP contribution in [-0.4, -0.2) is 11.2 Å². The van der Waals surface area contributed by atoms with E-state index in [1.165, 1.54) is 10.6 Å². The van der Waals surface area contributed by atoms with Gasteiger partial charge < -0.3 is 19.8 Å². The van der Waals surface area contributed by atoms with Gasteiger partial charge >= 0.3 is 0 Å². The largest absolute Gasteiger partial charge is 0.493 e. The van der Waals surface area contributed by atoms with Crippen LogP contribution in [0.2, 0.25) is 5.02 Å². The zero-order chi connectivity index (χ0) is 18.7. The molecule has 3 aromatic rings. The monoisotopic (exact) mass is 370 g/mol. The third-order valence-electron chi connectivity index (χ3n) is 3.83. The van der Waals surface area contributed by atoms with Crippen LogP contribution in [-0.2, 0) is 7.05 Å². The molecule has 0 unspecified atom stereocenters. The molecule has 0 aliphatic carbocycles. The highest BCUT2D eigenvalue weighted by Crippen LogP contribution is 2.39. The van der Waals surface area contributed by atoms with E-state index in [1.54, 1.807) is 55.7 Å². The van der Waals surface area contributed by atoms with Crippen molar-refractivity contribution in [3.8, 4) is 28.4 Å².